The molecule has 3 rings (SSSR count). The number of guanidine groups is 2. The molecule has 2 heterocycles. The van der Waals surface area contributed by atoms with Crippen LogP contribution in [-0.4, -0.2) is 32.5 Å². The van der Waals surface area contributed by atoms with E-state index in [1.165, 1.54) is 0 Å². The van der Waals surface area contributed by atoms with Crippen molar-refractivity contribution < 1.29 is 0 Å². The maximum Gasteiger partial charge on any atom is 0.269 e. The fourth-order valence-corrected chi connectivity index (χ4v) is 1.63. The van der Waals surface area contributed by atoms with Crippen molar-refractivity contribution >= 4 is 17.9 Å². The summed E-state index contributed by atoms with van der Waals surface area (Å²) in [4.78, 5) is 8.61. The zero-order valence-corrected chi connectivity index (χ0v) is 9.78. The van der Waals surface area contributed by atoms with Crippen LogP contribution in [0.5, 0.6) is 0 Å². The topological polar surface area (TPSA) is 129 Å². The third-order valence-electron chi connectivity index (χ3n) is 2.43. The third-order valence-corrected chi connectivity index (χ3v) is 2.43. The number of nitrogens with zero attached hydrogens (tertiary/aromatic N) is 5. The number of hydrogen-bond donors (Lipinski definition) is 4. The minimum atomic E-state index is -0.392. The highest BCUT2D eigenvalue weighted by Gasteiger charge is 2.17. The van der Waals surface area contributed by atoms with Gasteiger partial charge >= 0.3 is 0 Å². The SMILES string of the molecule is NC1=NC(c2ccccc2)N=C(Nc2nn[nH]n2)N1. The summed E-state index contributed by atoms with van der Waals surface area (Å²) < 4.78 is 0. The number of aromatic amines is 1. The lowest BCUT2D eigenvalue weighted by Crippen LogP contribution is -2.43. The van der Waals surface area contributed by atoms with Crippen molar-refractivity contribution in [1.29, 1.82) is 0 Å². The predicted molar refractivity (Wildman–Crippen MR) is 69.2 cm³/mol. The molecule has 0 amide bonds. The molecule has 9 nitrogen and oxygen atoms in total. The van der Waals surface area contributed by atoms with E-state index in [0.717, 1.165) is 5.56 Å². The summed E-state index contributed by atoms with van der Waals surface area (Å²) in [6.45, 7) is 0. The quantitative estimate of drug-likeness (QED) is 0.578. The Labute approximate surface area is 108 Å². The fraction of sp³-hybridized carbons (Fsp3) is 0.100. The molecule has 0 aliphatic carbocycles. The number of anilines is 1. The average molecular weight is 257 g/mol. The lowest BCUT2D eigenvalue weighted by molar-refractivity contribution is 0.750. The predicted octanol–water partition coefficient (Wildman–Crippen LogP) is -0.416. The highest BCUT2D eigenvalue weighted by molar-refractivity contribution is 6.05. The molecule has 0 saturated heterocycles. The normalized spacial score (nSPS) is 18.2. The molecule has 5 N–H and O–H groups in total. The standard InChI is InChI=1S/C10H11N9/c11-8-12-7(6-4-2-1-3-5-6)13-9(14-8)15-10-16-18-19-17-10/h1-5,7H,(H5,11,12,13,14,15,16,17,18,19). The third kappa shape index (κ3) is 2.49. The fourth-order valence-electron chi connectivity index (χ4n) is 1.63. The number of aliphatic imine (C=N–C) groups is 2. The Hall–Kier alpha value is -2.97. The van der Waals surface area contributed by atoms with E-state index in [9.17, 15) is 0 Å². The van der Waals surface area contributed by atoms with Gasteiger partial charge in [0, 0.05) is 0 Å². The molecule has 1 atom stereocenters. The first-order chi connectivity index (χ1) is 9.31. The van der Waals surface area contributed by atoms with Crippen LogP contribution < -0.4 is 16.4 Å². The first kappa shape index (κ1) is 11.1. The second-order valence-electron chi connectivity index (χ2n) is 3.76. The van der Waals surface area contributed by atoms with E-state index in [2.05, 4.69) is 41.2 Å². The number of nitrogens with two attached hydrogens (primary N) is 1. The molecule has 0 fully saturated rings. The van der Waals surface area contributed by atoms with E-state index < -0.39 is 6.17 Å². The maximum atomic E-state index is 5.74. The second kappa shape index (κ2) is 4.72. The number of hydrogen-bond acceptors (Lipinski definition) is 8. The molecular formula is C10H11N9. The molecule has 0 spiro atoms. The number of rotatable bonds is 2. The first-order valence-corrected chi connectivity index (χ1v) is 5.55. The van der Waals surface area contributed by atoms with Gasteiger partial charge in [0.1, 0.15) is 0 Å². The lowest BCUT2D eigenvalue weighted by atomic mass is 10.2. The van der Waals surface area contributed by atoms with Gasteiger partial charge in [-0.3, -0.25) is 10.6 Å². The average Bonchev–Trinajstić information content (AvgIpc) is 2.92. The first-order valence-electron chi connectivity index (χ1n) is 5.55. The molecule has 1 aliphatic heterocycles. The Kier molecular flexibility index (Phi) is 2.77. The van der Waals surface area contributed by atoms with E-state index in [0.29, 0.717) is 11.9 Å². The molecule has 96 valence electrons. The van der Waals surface area contributed by atoms with E-state index >= 15 is 0 Å². The van der Waals surface area contributed by atoms with Crippen molar-refractivity contribution in [1.82, 2.24) is 25.9 Å². The molecule has 0 saturated carbocycles. The number of benzene rings is 1. The zero-order valence-electron chi connectivity index (χ0n) is 9.78. The van der Waals surface area contributed by atoms with Crippen LogP contribution in [-0.2, 0) is 0 Å². The molecule has 19 heavy (non-hydrogen) atoms. The summed E-state index contributed by atoms with van der Waals surface area (Å²) in [5.74, 6) is 0.991. The van der Waals surface area contributed by atoms with Crippen molar-refractivity contribution in [2.24, 2.45) is 15.7 Å². The number of H-pyrrole nitrogens is 1. The Morgan fingerprint density at radius 2 is 2.00 bits per heavy atom. The van der Waals surface area contributed by atoms with Crippen molar-refractivity contribution in [3.05, 3.63) is 35.9 Å². The van der Waals surface area contributed by atoms with Crippen LogP contribution >= 0.6 is 0 Å². The van der Waals surface area contributed by atoms with Gasteiger partial charge in [0.2, 0.25) is 5.96 Å². The second-order valence-corrected chi connectivity index (χ2v) is 3.76. The van der Waals surface area contributed by atoms with Crippen LogP contribution in [0, 0.1) is 0 Å². The summed E-state index contributed by atoms with van der Waals surface area (Å²) in [5, 5.41) is 19.0. The van der Waals surface area contributed by atoms with Crippen LogP contribution in [0.2, 0.25) is 0 Å². The van der Waals surface area contributed by atoms with Gasteiger partial charge in [-0.1, -0.05) is 35.4 Å². The van der Waals surface area contributed by atoms with E-state index in [1.54, 1.807) is 0 Å². The van der Waals surface area contributed by atoms with E-state index in [4.69, 9.17) is 5.73 Å². The van der Waals surface area contributed by atoms with E-state index in [-0.39, 0.29) is 5.96 Å². The zero-order chi connectivity index (χ0) is 13.1. The van der Waals surface area contributed by atoms with Gasteiger partial charge in [0.25, 0.3) is 5.95 Å². The minimum Gasteiger partial charge on any atom is -0.370 e. The van der Waals surface area contributed by atoms with Gasteiger partial charge in [-0.15, -0.1) is 5.10 Å². The molecular weight excluding hydrogens is 246 g/mol. The van der Waals surface area contributed by atoms with Crippen molar-refractivity contribution in [3.8, 4) is 0 Å². The number of tetrazole rings is 1. The minimum absolute atomic E-state index is 0.273. The Morgan fingerprint density at radius 1 is 1.16 bits per heavy atom. The summed E-state index contributed by atoms with van der Waals surface area (Å²) in [7, 11) is 0. The van der Waals surface area contributed by atoms with Crippen molar-refractivity contribution in [2.45, 2.75) is 6.17 Å². The smallest absolute Gasteiger partial charge is 0.269 e. The summed E-state index contributed by atoms with van der Waals surface area (Å²) in [5.41, 5.74) is 6.68. The van der Waals surface area contributed by atoms with Gasteiger partial charge in [-0.05, 0) is 10.8 Å². The molecule has 1 unspecified atom stereocenters. The Balaban J connectivity index is 1.84. The van der Waals surface area contributed by atoms with Gasteiger partial charge in [-0.25, -0.2) is 9.98 Å². The Bertz CT molecular complexity index is 601. The molecule has 2 aromatic rings. The lowest BCUT2D eigenvalue weighted by Gasteiger charge is -2.18. The summed E-state index contributed by atoms with van der Waals surface area (Å²) in [6, 6.07) is 9.64. The van der Waals surface area contributed by atoms with Crippen LogP contribution in [0.1, 0.15) is 11.7 Å². The molecule has 1 aromatic carbocycles. The Morgan fingerprint density at radius 3 is 2.74 bits per heavy atom. The van der Waals surface area contributed by atoms with Gasteiger partial charge < -0.3 is 5.73 Å². The molecule has 9 heteroatoms. The summed E-state index contributed by atoms with van der Waals surface area (Å²) >= 11 is 0. The van der Waals surface area contributed by atoms with Crippen LogP contribution in [0.3, 0.4) is 0 Å². The highest BCUT2D eigenvalue weighted by Crippen LogP contribution is 2.20. The summed E-state index contributed by atoms with van der Waals surface area (Å²) in [6.07, 6.45) is -0.392. The van der Waals surface area contributed by atoms with E-state index in [1.807, 2.05) is 30.3 Å². The molecule has 0 radical (unpaired) electrons. The maximum absolute atomic E-state index is 5.74. The molecule has 1 aliphatic rings. The van der Waals surface area contributed by atoms with Crippen molar-refractivity contribution in [2.75, 3.05) is 5.32 Å². The van der Waals surface area contributed by atoms with Crippen LogP contribution in [0.4, 0.5) is 5.95 Å². The van der Waals surface area contributed by atoms with Crippen LogP contribution in [0.25, 0.3) is 0 Å². The number of aromatic nitrogens is 4. The molecule has 0 bridgehead atoms. The van der Waals surface area contributed by atoms with Gasteiger partial charge in [0.15, 0.2) is 12.1 Å². The van der Waals surface area contributed by atoms with Crippen molar-refractivity contribution in [3.63, 3.8) is 0 Å². The monoisotopic (exact) mass is 257 g/mol. The van der Waals surface area contributed by atoms with Gasteiger partial charge in [-0.2, -0.15) is 5.21 Å². The largest absolute Gasteiger partial charge is 0.370 e. The van der Waals surface area contributed by atoms with Crippen LogP contribution in [0.15, 0.2) is 40.3 Å². The van der Waals surface area contributed by atoms with Gasteiger partial charge in [0.05, 0.1) is 0 Å². The number of nitrogens with one attached hydrogen (secondary N) is 3. The highest BCUT2D eigenvalue weighted by atomic mass is 15.5. The molecule has 1 aromatic heterocycles.